The van der Waals surface area contributed by atoms with Crippen molar-refractivity contribution in [1.82, 2.24) is 4.72 Å². The van der Waals surface area contributed by atoms with Crippen LogP contribution >= 0.6 is 15.9 Å². The molecule has 0 spiro atoms. The number of rotatable bonds is 2. The maximum absolute atomic E-state index is 9.73. The van der Waals surface area contributed by atoms with Gasteiger partial charge in [0.2, 0.25) is 0 Å². The molecule has 0 aromatic rings. The molecular weight excluding hydrogens is 194 g/mol. The van der Waals surface area contributed by atoms with Crippen molar-refractivity contribution in [2.45, 2.75) is 4.95 Å². The predicted molar refractivity (Wildman–Crippen MR) is 33.6 cm³/mol. The number of hydrogen-bond acceptors (Lipinski definition) is 2. The van der Waals surface area contributed by atoms with Gasteiger partial charge in [0, 0.05) is 11.3 Å². The van der Waals surface area contributed by atoms with E-state index in [2.05, 4.69) is 21.9 Å². The van der Waals surface area contributed by atoms with E-state index in [0.29, 0.717) is 0 Å². The van der Waals surface area contributed by atoms with E-state index in [0.717, 1.165) is 0 Å². The number of alkyl halides is 1. The molecule has 46 valence electrons. The lowest BCUT2D eigenvalue weighted by Gasteiger charge is -2.06. The van der Waals surface area contributed by atoms with Gasteiger partial charge < -0.3 is 4.55 Å². The molecule has 0 heterocycles. The Bertz CT molecular complexity index is 132. The lowest BCUT2D eigenvalue weighted by molar-refractivity contribution is 0.525. The molecule has 3 nitrogen and oxygen atoms in total. The van der Waals surface area contributed by atoms with Gasteiger partial charge in [0.15, 0.2) is 0 Å². The van der Waals surface area contributed by atoms with E-state index in [-0.39, 0.29) is 0 Å². The first-order valence-corrected chi connectivity index (χ1v) is 3.61. The van der Waals surface area contributed by atoms with Crippen molar-refractivity contribution in [3.63, 3.8) is 0 Å². The molecule has 0 aliphatic rings. The molecule has 0 bridgehead atoms. The van der Waals surface area contributed by atoms with Crippen molar-refractivity contribution in [2.75, 3.05) is 0 Å². The smallest absolute Gasteiger partial charge is 0.135 e. The van der Waals surface area contributed by atoms with Crippen molar-refractivity contribution in [3.8, 4) is 12.3 Å². The minimum absolute atomic E-state index is 0.596. The van der Waals surface area contributed by atoms with Gasteiger partial charge in [-0.3, -0.25) is 4.21 Å². The van der Waals surface area contributed by atoms with Crippen molar-refractivity contribution in [3.05, 3.63) is 0 Å². The number of nitrogens with one attached hydrogen (secondary N) is 1. The van der Waals surface area contributed by atoms with Crippen LogP contribution < -0.4 is 4.72 Å². The van der Waals surface area contributed by atoms with Crippen LogP contribution in [-0.4, -0.2) is 13.7 Å². The van der Waals surface area contributed by atoms with Gasteiger partial charge in [0.1, 0.15) is 4.95 Å². The zero-order valence-corrected chi connectivity index (χ0v) is 6.16. The van der Waals surface area contributed by atoms with Crippen LogP contribution in [0.2, 0.25) is 0 Å². The van der Waals surface area contributed by atoms with Gasteiger partial charge in [-0.15, -0.1) is 6.42 Å². The molecule has 0 saturated carbocycles. The van der Waals surface area contributed by atoms with Crippen LogP contribution in [0.3, 0.4) is 0 Å². The summed E-state index contributed by atoms with van der Waals surface area (Å²) in [6.07, 6.45) is 4.79. The Morgan fingerprint density at radius 2 is 2.50 bits per heavy atom. The second-order valence-corrected chi connectivity index (χ2v) is 2.50. The largest absolute Gasteiger partial charge is 0.760 e. The van der Waals surface area contributed by atoms with Crippen LogP contribution in [0.1, 0.15) is 0 Å². The minimum Gasteiger partial charge on any atom is -0.760 e. The fourth-order valence-electron chi connectivity index (χ4n) is 0.119. The highest BCUT2D eigenvalue weighted by Crippen LogP contribution is 1.90. The maximum Gasteiger partial charge on any atom is 0.135 e. The molecular formula is C3H3BrNO2S-. The van der Waals surface area contributed by atoms with E-state index < -0.39 is 16.2 Å². The third kappa shape index (κ3) is 4.27. The Kier molecular flexibility index (Phi) is 4.09. The maximum atomic E-state index is 9.73. The molecule has 0 fully saturated rings. The summed E-state index contributed by atoms with van der Waals surface area (Å²) in [6.45, 7) is 0. The molecule has 0 amide bonds. The Morgan fingerprint density at radius 3 is 2.62 bits per heavy atom. The summed E-state index contributed by atoms with van der Waals surface area (Å²) in [5, 5.41) is 0. The van der Waals surface area contributed by atoms with Crippen LogP contribution in [0.25, 0.3) is 0 Å². The van der Waals surface area contributed by atoms with Gasteiger partial charge >= 0.3 is 0 Å². The molecule has 0 aliphatic heterocycles. The van der Waals surface area contributed by atoms with E-state index in [4.69, 9.17) is 6.42 Å². The quantitative estimate of drug-likeness (QED) is 0.286. The van der Waals surface area contributed by atoms with Crippen molar-refractivity contribution < 1.29 is 8.76 Å². The van der Waals surface area contributed by atoms with Gasteiger partial charge in [-0.2, -0.15) is 0 Å². The van der Waals surface area contributed by atoms with Crippen molar-refractivity contribution in [2.24, 2.45) is 0 Å². The second kappa shape index (κ2) is 4.04. The van der Waals surface area contributed by atoms with E-state index in [1.807, 2.05) is 4.72 Å². The molecule has 5 heteroatoms. The summed E-state index contributed by atoms with van der Waals surface area (Å²) in [4.78, 5) is -0.596. The van der Waals surface area contributed by atoms with Crippen LogP contribution in [0.15, 0.2) is 0 Å². The average molecular weight is 197 g/mol. The lowest BCUT2D eigenvalue weighted by Crippen LogP contribution is -2.23. The van der Waals surface area contributed by atoms with Gasteiger partial charge in [-0.05, 0) is 0 Å². The first-order chi connectivity index (χ1) is 3.66. The SMILES string of the molecule is C#CC(Br)NS(=O)[O-]. The summed E-state index contributed by atoms with van der Waals surface area (Å²) in [7, 11) is 0. The summed E-state index contributed by atoms with van der Waals surface area (Å²) in [6, 6.07) is 0. The van der Waals surface area contributed by atoms with Gasteiger partial charge in [0.25, 0.3) is 0 Å². The first-order valence-electron chi connectivity index (χ1n) is 1.62. The highest BCUT2D eigenvalue weighted by molar-refractivity contribution is 9.09. The highest BCUT2D eigenvalue weighted by Gasteiger charge is 1.92. The Balaban J connectivity index is 3.43. The lowest BCUT2D eigenvalue weighted by atomic mass is 10.7. The molecule has 8 heavy (non-hydrogen) atoms. The molecule has 1 N–H and O–H groups in total. The topological polar surface area (TPSA) is 52.2 Å². The Morgan fingerprint density at radius 1 is 2.00 bits per heavy atom. The summed E-state index contributed by atoms with van der Waals surface area (Å²) < 4.78 is 21.5. The summed E-state index contributed by atoms with van der Waals surface area (Å²) >= 11 is 0.552. The van der Waals surface area contributed by atoms with E-state index in [1.54, 1.807) is 0 Å². The third-order valence-electron chi connectivity index (χ3n) is 0.346. The zero-order valence-electron chi connectivity index (χ0n) is 3.76. The summed E-state index contributed by atoms with van der Waals surface area (Å²) in [5.41, 5.74) is 0. The third-order valence-corrected chi connectivity index (χ3v) is 1.57. The van der Waals surface area contributed by atoms with Gasteiger partial charge in [-0.1, -0.05) is 21.9 Å². The molecule has 0 radical (unpaired) electrons. The Labute approximate surface area is 58.4 Å². The van der Waals surface area contributed by atoms with Gasteiger partial charge in [0.05, 0.1) is 0 Å². The molecule has 0 aliphatic carbocycles. The van der Waals surface area contributed by atoms with Crippen molar-refractivity contribution in [1.29, 1.82) is 0 Å². The monoisotopic (exact) mass is 196 g/mol. The van der Waals surface area contributed by atoms with Crippen LogP contribution in [0.5, 0.6) is 0 Å². The van der Waals surface area contributed by atoms with Gasteiger partial charge in [-0.25, -0.2) is 4.72 Å². The van der Waals surface area contributed by atoms with Crippen LogP contribution in [-0.2, 0) is 11.3 Å². The van der Waals surface area contributed by atoms with Crippen molar-refractivity contribution >= 4 is 27.2 Å². The summed E-state index contributed by atoms with van der Waals surface area (Å²) in [5.74, 6) is 2.11. The predicted octanol–water partition coefficient (Wildman–Crippen LogP) is -0.276. The first kappa shape index (κ1) is 8.11. The zero-order chi connectivity index (χ0) is 6.57. The molecule has 2 unspecified atom stereocenters. The highest BCUT2D eigenvalue weighted by atomic mass is 79.9. The number of halogens is 1. The Hall–Kier alpha value is 0.110. The fraction of sp³-hybridized carbons (Fsp3) is 0.333. The number of hydrogen-bond donors (Lipinski definition) is 1. The molecule has 0 saturated heterocycles. The minimum atomic E-state index is -2.28. The van der Waals surface area contributed by atoms with Crippen LogP contribution in [0, 0.1) is 12.3 Å². The van der Waals surface area contributed by atoms with E-state index in [1.165, 1.54) is 0 Å². The molecule has 2 atom stereocenters. The van der Waals surface area contributed by atoms with Crippen LogP contribution in [0.4, 0.5) is 0 Å². The molecule has 0 rings (SSSR count). The fourth-order valence-corrected chi connectivity index (χ4v) is 0.813. The molecule has 0 aromatic carbocycles. The second-order valence-electron chi connectivity index (χ2n) is 0.882. The normalized spacial score (nSPS) is 16.6. The number of terminal acetylenes is 1. The van der Waals surface area contributed by atoms with E-state index in [9.17, 15) is 8.76 Å². The average Bonchev–Trinajstić information content (AvgIpc) is 1.65. The van der Waals surface area contributed by atoms with E-state index >= 15 is 0 Å². The standard InChI is InChI=1S/C3H4BrNO2S/c1-2-3(4)5-8(6)7/h1,3,5H,(H,6,7)/p-1. The molecule has 0 aromatic heterocycles.